The molecule has 2 aromatic rings. The molecule has 2 aromatic carbocycles. The first-order valence-corrected chi connectivity index (χ1v) is 10.4. The van der Waals surface area contributed by atoms with Gasteiger partial charge >= 0.3 is 6.03 Å². The van der Waals surface area contributed by atoms with Gasteiger partial charge in [-0.2, -0.15) is 0 Å². The first-order valence-electron chi connectivity index (χ1n) is 10.4. The third-order valence-electron chi connectivity index (χ3n) is 6.92. The van der Waals surface area contributed by atoms with Gasteiger partial charge in [0.25, 0.3) is 5.91 Å². The molecule has 0 bridgehead atoms. The van der Waals surface area contributed by atoms with Gasteiger partial charge in [-0.15, -0.1) is 0 Å². The van der Waals surface area contributed by atoms with E-state index in [0.717, 1.165) is 41.7 Å². The predicted molar refractivity (Wildman–Crippen MR) is 110 cm³/mol. The number of hydrogen-bond acceptors (Lipinski definition) is 3. The first kappa shape index (κ1) is 18.1. The van der Waals surface area contributed by atoms with Crippen molar-refractivity contribution in [1.82, 2.24) is 10.2 Å². The first-order chi connectivity index (χ1) is 14.0. The topological polar surface area (TPSA) is 66.5 Å². The summed E-state index contributed by atoms with van der Waals surface area (Å²) in [5.41, 5.74) is 4.40. The lowest BCUT2D eigenvalue weighted by molar-refractivity contribution is -0.133. The van der Waals surface area contributed by atoms with Crippen LogP contribution >= 0.6 is 0 Å². The normalized spacial score (nSPS) is 25.1. The lowest BCUT2D eigenvalue weighted by Crippen LogP contribution is -2.54. The SMILES string of the molecule is C[C@H]1CCCC[C@@]12NC(=O)N(CC(=O)c1ccc3c(c1)-c1ccccc1C3)C2=O. The van der Waals surface area contributed by atoms with Crippen molar-refractivity contribution in [3.8, 4) is 11.1 Å². The van der Waals surface area contributed by atoms with E-state index in [-0.39, 0.29) is 24.2 Å². The molecule has 5 heteroatoms. The van der Waals surface area contributed by atoms with Crippen molar-refractivity contribution in [1.29, 1.82) is 0 Å². The van der Waals surface area contributed by atoms with Crippen LogP contribution < -0.4 is 5.32 Å². The van der Waals surface area contributed by atoms with Crippen LogP contribution in [0.15, 0.2) is 42.5 Å². The molecule has 3 aliphatic rings. The number of rotatable bonds is 3. The Morgan fingerprint density at radius 1 is 1.10 bits per heavy atom. The highest BCUT2D eigenvalue weighted by atomic mass is 16.2. The maximum absolute atomic E-state index is 13.1. The van der Waals surface area contributed by atoms with Gasteiger partial charge in [0.15, 0.2) is 5.78 Å². The second kappa shape index (κ2) is 6.55. The maximum Gasteiger partial charge on any atom is 0.325 e. The van der Waals surface area contributed by atoms with Crippen molar-refractivity contribution in [2.45, 2.75) is 44.6 Å². The maximum atomic E-state index is 13.1. The number of carbonyl (C=O) groups is 3. The average molecular weight is 388 g/mol. The third-order valence-corrected chi connectivity index (χ3v) is 6.92. The summed E-state index contributed by atoms with van der Waals surface area (Å²) in [7, 11) is 0. The summed E-state index contributed by atoms with van der Waals surface area (Å²) in [4.78, 5) is 39.8. The summed E-state index contributed by atoms with van der Waals surface area (Å²) in [6.45, 7) is 1.81. The summed E-state index contributed by atoms with van der Waals surface area (Å²) in [6.07, 6.45) is 4.43. The van der Waals surface area contributed by atoms with Crippen LogP contribution in [-0.2, 0) is 11.2 Å². The second-order valence-corrected chi connectivity index (χ2v) is 8.57. The van der Waals surface area contributed by atoms with Crippen LogP contribution in [0.4, 0.5) is 4.79 Å². The Bertz CT molecular complexity index is 1040. The molecule has 1 spiro atoms. The number of ketones is 1. The lowest BCUT2D eigenvalue weighted by atomic mass is 9.73. The fourth-order valence-corrected chi connectivity index (χ4v) is 5.17. The van der Waals surface area contributed by atoms with Crippen LogP contribution in [0.1, 0.15) is 54.1 Å². The highest BCUT2D eigenvalue weighted by Crippen LogP contribution is 2.39. The van der Waals surface area contributed by atoms with Gasteiger partial charge < -0.3 is 5.32 Å². The van der Waals surface area contributed by atoms with Crippen LogP contribution in [0.3, 0.4) is 0 Å². The number of Topliss-reactive ketones (excluding diaryl/α,β-unsaturated/α-hetero) is 1. The molecular formula is C24H24N2O3. The summed E-state index contributed by atoms with van der Waals surface area (Å²) in [6, 6.07) is 13.5. The minimum absolute atomic E-state index is 0.0873. The molecule has 2 fully saturated rings. The number of carbonyl (C=O) groups excluding carboxylic acids is 3. The largest absolute Gasteiger partial charge is 0.325 e. The number of imide groups is 1. The molecule has 1 heterocycles. The molecule has 5 nitrogen and oxygen atoms in total. The van der Waals surface area contributed by atoms with Crippen molar-refractivity contribution in [3.63, 3.8) is 0 Å². The van der Waals surface area contributed by atoms with Crippen molar-refractivity contribution in [3.05, 3.63) is 59.2 Å². The smallest absolute Gasteiger partial charge is 0.323 e. The molecule has 1 saturated heterocycles. The van der Waals surface area contributed by atoms with Crippen LogP contribution in [0.2, 0.25) is 0 Å². The predicted octanol–water partition coefficient (Wildman–Crippen LogP) is 3.94. The number of nitrogens with one attached hydrogen (secondary N) is 1. The highest BCUT2D eigenvalue weighted by molar-refractivity contribution is 6.11. The van der Waals surface area contributed by atoms with Crippen molar-refractivity contribution in [2.75, 3.05) is 6.54 Å². The molecular weight excluding hydrogens is 364 g/mol. The van der Waals surface area contributed by atoms with E-state index >= 15 is 0 Å². The van der Waals surface area contributed by atoms with Crippen molar-refractivity contribution in [2.24, 2.45) is 5.92 Å². The Morgan fingerprint density at radius 2 is 1.90 bits per heavy atom. The molecule has 1 aliphatic heterocycles. The lowest BCUT2D eigenvalue weighted by Gasteiger charge is -2.36. The summed E-state index contributed by atoms with van der Waals surface area (Å²) >= 11 is 0. The Labute approximate surface area is 170 Å². The van der Waals surface area contributed by atoms with Gasteiger partial charge in [0, 0.05) is 5.56 Å². The van der Waals surface area contributed by atoms with Gasteiger partial charge in [-0.05, 0) is 53.5 Å². The average Bonchev–Trinajstić information content (AvgIpc) is 3.21. The van der Waals surface area contributed by atoms with E-state index in [4.69, 9.17) is 0 Å². The fraction of sp³-hybridized carbons (Fsp3) is 0.375. The Balaban J connectivity index is 1.39. The Hall–Kier alpha value is -2.95. The van der Waals surface area contributed by atoms with E-state index in [1.54, 1.807) is 0 Å². The second-order valence-electron chi connectivity index (χ2n) is 8.57. The van der Waals surface area contributed by atoms with Gasteiger partial charge in [0.2, 0.25) is 0 Å². The van der Waals surface area contributed by atoms with E-state index in [0.29, 0.717) is 12.0 Å². The van der Waals surface area contributed by atoms with E-state index in [1.807, 2.05) is 37.3 Å². The van der Waals surface area contributed by atoms with Crippen LogP contribution in [0, 0.1) is 5.92 Å². The fourth-order valence-electron chi connectivity index (χ4n) is 5.17. The zero-order valence-electron chi connectivity index (χ0n) is 16.5. The molecule has 5 rings (SSSR count). The van der Waals surface area contributed by atoms with Gasteiger partial charge in [0.1, 0.15) is 5.54 Å². The van der Waals surface area contributed by atoms with Gasteiger partial charge in [-0.25, -0.2) is 4.79 Å². The monoisotopic (exact) mass is 388 g/mol. The molecule has 0 aromatic heterocycles. The summed E-state index contributed by atoms with van der Waals surface area (Å²) < 4.78 is 0. The van der Waals surface area contributed by atoms with Crippen LogP contribution in [0.5, 0.6) is 0 Å². The summed E-state index contributed by atoms with van der Waals surface area (Å²) in [5, 5.41) is 2.92. The molecule has 0 unspecified atom stereocenters. The quantitative estimate of drug-likeness (QED) is 0.546. The molecule has 2 aliphatic carbocycles. The standard InChI is InChI=1S/C24H24N2O3/c1-15-6-4-5-11-24(15)22(28)26(23(29)25-24)14-21(27)18-10-9-17-12-16-7-2-3-8-19(16)20(17)13-18/h2-3,7-10,13,15H,4-6,11-12,14H2,1H3,(H,25,29)/t15-,24+/m0/s1. The minimum atomic E-state index is -0.827. The van der Waals surface area contributed by atoms with E-state index in [9.17, 15) is 14.4 Å². The molecule has 148 valence electrons. The minimum Gasteiger partial charge on any atom is -0.323 e. The molecule has 29 heavy (non-hydrogen) atoms. The number of benzene rings is 2. The molecule has 2 atom stereocenters. The van der Waals surface area contributed by atoms with Crippen molar-refractivity contribution >= 4 is 17.7 Å². The van der Waals surface area contributed by atoms with Gasteiger partial charge in [0.05, 0.1) is 6.54 Å². The van der Waals surface area contributed by atoms with Gasteiger partial charge in [-0.1, -0.05) is 56.2 Å². The van der Waals surface area contributed by atoms with Crippen LogP contribution in [-0.4, -0.2) is 34.7 Å². The number of nitrogens with zero attached hydrogens (tertiary/aromatic N) is 1. The zero-order chi connectivity index (χ0) is 20.2. The Morgan fingerprint density at radius 3 is 2.72 bits per heavy atom. The number of hydrogen-bond donors (Lipinski definition) is 1. The number of fused-ring (bicyclic) bond motifs is 3. The Kier molecular flexibility index (Phi) is 4.09. The van der Waals surface area contributed by atoms with E-state index in [1.165, 1.54) is 11.1 Å². The third kappa shape index (κ3) is 2.71. The summed E-state index contributed by atoms with van der Waals surface area (Å²) in [5.74, 6) is -0.361. The number of urea groups is 1. The molecule has 3 amide bonds. The number of amides is 3. The van der Waals surface area contributed by atoms with Gasteiger partial charge in [-0.3, -0.25) is 14.5 Å². The van der Waals surface area contributed by atoms with Crippen molar-refractivity contribution < 1.29 is 14.4 Å². The molecule has 1 saturated carbocycles. The molecule has 1 N–H and O–H groups in total. The van der Waals surface area contributed by atoms with E-state index in [2.05, 4.69) is 17.4 Å². The van der Waals surface area contributed by atoms with Crippen LogP contribution in [0.25, 0.3) is 11.1 Å². The van der Waals surface area contributed by atoms with E-state index < -0.39 is 11.6 Å². The zero-order valence-corrected chi connectivity index (χ0v) is 16.5. The molecule has 0 radical (unpaired) electrons. The highest BCUT2D eigenvalue weighted by Gasteiger charge is 2.55.